The largest absolute Gasteiger partial charge is 0.444 e. The Hall–Kier alpha value is -1.63. The molecule has 7 heteroatoms. The molecular weight excluding hydrogens is 262 g/mol. The van der Waals surface area contributed by atoms with Crippen molar-refractivity contribution in [2.45, 2.75) is 65.2 Å². The third kappa shape index (κ3) is 4.80. The number of carbonyl (C=O) groups excluding carboxylic acids is 1. The lowest BCUT2D eigenvalue weighted by Gasteiger charge is -2.24. The lowest BCUT2D eigenvalue weighted by Crippen LogP contribution is -2.42. The number of aryl methyl sites for hydroxylation is 1. The van der Waals surface area contributed by atoms with Gasteiger partial charge in [-0.05, 0) is 27.2 Å². The third-order valence-electron chi connectivity index (χ3n) is 2.56. The van der Waals surface area contributed by atoms with Crippen LogP contribution in [0.2, 0.25) is 0 Å². The second kappa shape index (κ2) is 6.69. The smallest absolute Gasteiger partial charge is 0.407 e. The molecule has 0 fully saturated rings. The minimum absolute atomic E-state index is 0.102. The lowest BCUT2D eigenvalue weighted by atomic mass is 10.1. The van der Waals surface area contributed by atoms with Gasteiger partial charge in [-0.2, -0.15) is 0 Å². The van der Waals surface area contributed by atoms with E-state index in [4.69, 9.17) is 9.15 Å². The molecule has 0 aliphatic carbocycles. The SMILES string of the molecule is CCc1nnc(C(O)[C@@H](CC)NC(=O)OC(C)(C)C)o1. The minimum atomic E-state index is -1.06. The van der Waals surface area contributed by atoms with Crippen molar-refractivity contribution in [2.75, 3.05) is 0 Å². The molecule has 0 saturated carbocycles. The first kappa shape index (κ1) is 16.4. The van der Waals surface area contributed by atoms with Gasteiger partial charge in [0.1, 0.15) is 5.60 Å². The number of hydrogen-bond donors (Lipinski definition) is 2. The van der Waals surface area contributed by atoms with Crippen LogP contribution in [0.25, 0.3) is 0 Å². The number of aliphatic hydroxyl groups is 1. The molecule has 1 rings (SSSR count). The van der Waals surface area contributed by atoms with Crippen molar-refractivity contribution >= 4 is 6.09 Å². The summed E-state index contributed by atoms with van der Waals surface area (Å²) < 4.78 is 10.5. The molecule has 0 saturated heterocycles. The number of alkyl carbamates (subject to hydrolysis) is 1. The quantitative estimate of drug-likeness (QED) is 0.858. The summed E-state index contributed by atoms with van der Waals surface area (Å²) in [7, 11) is 0. The first-order valence-electron chi connectivity index (χ1n) is 6.76. The topological polar surface area (TPSA) is 97.5 Å². The van der Waals surface area contributed by atoms with E-state index in [1.807, 2.05) is 13.8 Å². The van der Waals surface area contributed by atoms with Crippen LogP contribution in [0.4, 0.5) is 4.79 Å². The van der Waals surface area contributed by atoms with Gasteiger partial charge in [-0.1, -0.05) is 13.8 Å². The van der Waals surface area contributed by atoms with Gasteiger partial charge < -0.3 is 19.6 Å². The molecule has 0 aromatic carbocycles. The molecule has 1 aromatic heterocycles. The maximum atomic E-state index is 11.7. The van der Waals surface area contributed by atoms with Crippen LogP contribution in [0, 0.1) is 0 Å². The fraction of sp³-hybridized carbons (Fsp3) is 0.769. The van der Waals surface area contributed by atoms with Crippen LogP contribution in [-0.4, -0.2) is 33.0 Å². The van der Waals surface area contributed by atoms with Gasteiger partial charge in [0.2, 0.25) is 11.8 Å². The van der Waals surface area contributed by atoms with E-state index in [-0.39, 0.29) is 5.89 Å². The Labute approximate surface area is 118 Å². The summed E-state index contributed by atoms with van der Waals surface area (Å²) in [5.74, 6) is 0.552. The van der Waals surface area contributed by atoms with Gasteiger partial charge in [-0.3, -0.25) is 0 Å². The molecule has 0 aliphatic heterocycles. The number of hydrogen-bond acceptors (Lipinski definition) is 6. The van der Waals surface area contributed by atoms with E-state index in [1.165, 1.54) is 0 Å². The van der Waals surface area contributed by atoms with Crippen molar-refractivity contribution in [3.05, 3.63) is 11.8 Å². The van der Waals surface area contributed by atoms with E-state index in [0.717, 1.165) is 0 Å². The Morgan fingerprint density at radius 1 is 1.40 bits per heavy atom. The summed E-state index contributed by atoms with van der Waals surface area (Å²) in [4.78, 5) is 11.7. The highest BCUT2D eigenvalue weighted by molar-refractivity contribution is 5.68. The van der Waals surface area contributed by atoms with Gasteiger partial charge in [-0.15, -0.1) is 10.2 Å². The fourth-order valence-corrected chi connectivity index (χ4v) is 1.56. The number of aliphatic hydroxyl groups excluding tert-OH is 1. The van der Waals surface area contributed by atoms with E-state index < -0.39 is 23.8 Å². The molecule has 7 nitrogen and oxygen atoms in total. The van der Waals surface area contributed by atoms with Crippen LogP contribution in [0.5, 0.6) is 0 Å². The van der Waals surface area contributed by atoms with Gasteiger partial charge in [0.15, 0.2) is 6.10 Å². The van der Waals surface area contributed by atoms with E-state index in [1.54, 1.807) is 20.8 Å². The number of nitrogens with zero attached hydrogens (tertiary/aromatic N) is 2. The monoisotopic (exact) mass is 285 g/mol. The molecule has 1 heterocycles. The van der Waals surface area contributed by atoms with Crippen LogP contribution < -0.4 is 5.32 Å². The van der Waals surface area contributed by atoms with Crippen molar-refractivity contribution < 1.29 is 19.1 Å². The first-order chi connectivity index (χ1) is 9.26. The molecule has 0 spiro atoms. The summed E-state index contributed by atoms with van der Waals surface area (Å²) in [6.45, 7) is 9.03. The second-order valence-electron chi connectivity index (χ2n) is 5.49. The molecule has 2 N–H and O–H groups in total. The maximum absolute atomic E-state index is 11.7. The highest BCUT2D eigenvalue weighted by atomic mass is 16.6. The van der Waals surface area contributed by atoms with Crippen molar-refractivity contribution in [1.82, 2.24) is 15.5 Å². The fourth-order valence-electron chi connectivity index (χ4n) is 1.56. The Morgan fingerprint density at radius 2 is 2.05 bits per heavy atom. The summed E-state index contributed by atoms with van der Waals surface area (Å²) >= 11 is 0. The molecule has 0 bridgehead atoms. The Kier molecular flexibility index (Phi) is 5.50. The standard InChI is InChI=1S/C13H23N3O4/c1-6-8(14-12(18)20-13(3,4)5)10(17)11-16-15-9(7-2)19-11/h8,10,17H,6-7H2,1-5H3,(H,14,18)/t8-,10?/m1/s1. The van der Waals surface area contributed by atoms with Crippen molar-refractivity contribution in [1.29, 1.82) is 0 Å². The van der Waals surface area contributed by atoms with Crippen LogP contribution in [0.1, 0.15) is 58.9 Å². The van der Waals surface area contributed by atoms with Crippen molar-refractivity contribution in [3.63, 3.8) is 0 Å². The molecule has 1 amide bonds. The Balaban J connectivity index is 2.67. The minimum Gasteiger partial charge on any atom is -0.444 e. The number of rotatable bonds is 5. The van der Waals surface area contributed by atoms with Crippen molar-refractivity contribution in [2.24, 2.45) is 0 Å². The number of nitrogens with one attached hydrogen (secondary N) is 1. The lowest BCUT2D eigenvalue weighted by molar-refractivity contribution is 0.0383. The highest BCUT2D eigenvalue weighted by Crippen LogP contribution is 2.18. The number of ether oxygens (including phenoxy) is 1. The highest BCUT2D eigenvalue weighted by Gasteiger charge is 2.27. The third-order valence-corrected chi connectivity index (χ3v) is 2.56. The van der Waals surface area contributed by atoms with Gasteiger partial charge in [-0.25, -0.2) is 4.79 Å². The average molecular weight is 285 g/mol. The predicted molar refractivity (Wildman–Crippen MR) is 72.1 cm³/mol. The van der Waals surface area contributed by atoms with Gasteiger partial charge >= 0.3 is 6.09 Å². The summed E-state index contributed by atoms with van der Waals surface area (Å²) in [5, 5.41) is 20.3. The zero-order valence-corrected chi connectivity index (χ0v) is 12.6. The Morgan fingerprint density at radius 3 is 2.50 bits per heavy atom. The van der Waals surface area contributed by atoms with E-state index in [0.29, 0.717) is 18.7 Å². The first-order valence-corrected chi connectivity index (χ1v) is 6.76. The van der Waals surface area contributed by atoms with Crippen LogP contribution >= 0.6 is 0 Å². The molecule has 114 valence electrons. The van der Waals surface area contributed by atoms with E-state index >= 15 is 0 Å². The number of carbonyl (C=O) groups is 1. The number of amides is 1. The molecule has 20 heavy (non-hydrogen) atoms. The molecular formula is C13H23N3O4. The average Bonchev–Trinajstić information content (AvgIpc) is 2.81. The number of aromatic nitrogens is 2. The second-order valence-corrected chi connectivity index (χ2v) is 5.49. The zero-order chi connectivity index (χ0) is 15.3. The molecule has 0 aliphatic rings. The normalized spacial score (nSPS) is 14.7. The van der Waals surface area contributed by atoms with Crippen molar-refractivity contribution in [3.8, 4) is 0 Å². The predicted octanol–water partition coefficient (Wildman–Crippen LogP) is 1.97. The summed E-state index contributed by atoms with van der Waals surface area (Å²) in [5.41, 5.74) is -0.590. The zero-order valence-electron chi connectivity index (χ0n) is 12.6. The summed E-state index contributed by atoms with van der Waals surface area (Å²) in [6.07, 6.45) is -0.542. The molecule has 0 radical (unpaired) electrons. The van der Waals surface area contributed by atoms with E-state index in [9.17, 15) is 9.90 Å². The van der Waals surface area contributed by atoms with Gasteiger partial charge in [0.25, 0.3) is 0 Å². The molecule has 1 aromatic rings. The van der Waals surface area contributed by atoms with Gasteiger partial charge in [0.05, 0.1) is 6.04 Å². The van der Waals surface area contributed by atoms with Gasteiger partial charge in [0, 0.05) is 6.42 Å². The maximum Gasteiger partial charge on any atom is 0.407 e. The Bertz CT molecular complexity index is 439. The van der Waals surface area contributed by atoms with Crippen LogP contribution in [0.15, 0.2) is 4.42 Å². The van der Waals surface area contributed by atoms with E-state index in [2.05, 4.69) is 15.5 Å². The molecule has 1 unspecified atom stereocenters. The van der Waals surface area contributed by atoms with Crippen LogP contribution in [-0.2, 0) is 11.2 Å². The molecule has 2 atom stereocenters. The van der Waals surface area contributed by atoms with Crippen LogP contribution in [0.3, 0.4) is 0 Å². The summed E-state index contributed by atoms with van der Waals surface area (Å²) in [6, 6.07) is -0.546.